The lowest BCUT2D eigenvalue weighted by molar-refractivity contribution is -0.150. The summed E-state index contributed by atoms with van der Waals surface area (Å²) in [4.78, 5) is 38.0. The topological polar surface area (TPSA) is 84.5 Å². The summed E-state index contributed by atoms with van der Waals surface area (Å²) in [5.41, 5.74) is 2.61. The van der Waals surface area contributed by atoms with Crippen LogP contribution in [-0.2, 0) is 19.1 Å². The third-order valence-corrected chi connectivity index (χ3v) is 4.94. The van der Waals surface area contributed by atoms with Crippen LogP contribution in [0.1, 0.15) is 27.8 Å². The molecule has 0 aliphatic heterocycles. The third-order valence-electron chi connectivity index (χ3n) is 3.98. The van der Waals surface area contributed by atoms with E-state index in [1.165, 1.54) is 13.0 Å². The van der Waals surface area contributed by atoms with Crippen LogP contribution in [0.2, 0.25) is 0 Å². The van der Waals surface area contributed by atoms with E-state index in [0.29, 0.717) is 0 Å². The Kier molecular flexibility index (Phi) is 7.52. The molecule has 0 saturated heterocycles. The average molecular weight is 401 g/mol. The summed E-state index contributed by atoms with van der Waals surface area (Å²) >= 11 is 1.55. The number of rotatable bonds is 7. The molecule has 1 unspecified atom stereocenters. The molecule has 0 saturated carbocycles. The number of thiophene rings is 1. The molecule has 1 atom stereocenters. The first-order valence-electron chi connectivity index (χ1n) is 8.85. The van der Waals surface area contributed by atoms with Crippen LogP contribution < -0.4 is 10.6 Å². The fraction of sp³-hybridized carbons (Fsp3) is 0.286. The first kappa shape index (κ1) is 21.4. The number of esters is 1. The van der Waals surface area contributed by atoms with Gasteiger partial charge in [-0.05, 0) is 57.0 Å². The molecule has 2 aromatic rings. The minimum atomic E-state index is -1.00. The van der Waals surface area contributed by atoms with Gasteiger partial charge in [-0.1, -0.05) is 18.2 Å². The van der Waals surface area contributed by atoms with E-state index < -0.39 is 18.0 Å². The van der Waals surface area contributed by atoms with Gasteiger partial charge in [-0.3, -0.25) is 9.59 Å². The van der Waals surface area contributed by atoms with E-state index in [2.05, 4.69) is 10.6 Å². The fourth-order valence-electron chi connectivity index (χ4n) is 2.47. The summed E-state index contributed by atoms with van der Waals surface area (Å²) in [6.07, 6.45) is 1.92. The molecule has 1 aromatic heterocycles. The van der Waals surface area contributed by atoms with Crippen molar-refractivity contribution < 1.29 is 19.1 Å². The van der Waals surface area contributed by atoms with E-state index in [1.54, 1.807) is 17.4 Å². The summed E-state index contributed by atoms with van der Waals surface area (Å²) in [6.45, 7) is 7.02. The van der Waals surface area contributed by atoms with Crippen LogP contribution in [0.25, 0.3) is 6.08 Å². The lowest BCUT2D eigenvalue weighted by Crippen LogP contribution is -2.40. The first-order chi connectivity index (χ1) is 13.3. The maximum Gasteiger partial charge on any atom is 0.331 e. The predicted molar refractivity (Wildman–Crippen MR) is 111 cm³/mol. The van der Waals surface area contributed by atoms with Crippen LogP contribution in [0.4, 0.5) is 5.69 Å². The van der Waals surface area contributed by atoms with Gasteiger partial charge in [0.05, 0.1) is 6.54 Å². The minimum absolute atomic E-state index is 0.210. The Balaban J connectivity index is 1.79. The van der Waals surface area contributed by atoms with Crippen molar-refractivity contribution in [3.05, 3.63) is 57.3 Å². The number of para-hydroxylation sites is 1. The molecule has 2 amide bonds. The Hall–Kier alpha value is -2.93. The van der Waals surface area contributed by atoms with Crippen molar-refractivity contribution in [3.8, 4) is 0 Å². The van der Waals surface area contributed by atoms with Crippen LogP contribution in [-0.4, -0.2) is 30.4 Å². The summed E-state index contributed by atoms with van der Waals surface area (Å²) in [7, 11) is 0. The largest absolute Gasteiger partial charge is 0.449 e. The van der Waals surface area contributed by atoms with Gasteiger partial charge < -0.3 is 15.4 Å². The van der Waals surface area contributed by atoms with Gasteiger partial charge in [-0.2, -0.15) is 0 Å². The summed E-state index contributed by atoms with van der Waals surface area (Å²) in [5, 5.41) is 5.26. The van der Waals surface area contributed by atoms with Crippen molar-refractivity contribution in [2.45, 2.75) is 33.8 Å². The Morgan fingerprint density at radius 2 is 1.79 bits per heavy atom. The number of carbonyl (C=O) groups excluding carboxylic acids is 3. The van der Waals surface area contributed by atoms with E-state index in [9.17, 15) is 14.4 Å². The average Bonchev–Trinajstić information content (AvgIpc) is 3.06. The molecule has 6 nitrogen and oxygen atoms in total. The number of amides is 2. The standard InChI is InChI=1S/C21H24N2O4S/c1-13-6-5-7-14(2)20(13)23-18(24)12-22-21(26)16(4)27-19(25)11-10-17-9-8-15(3)28-17/h5-11,16H,12H2,1-4H3,(H,22,26)(H,23,24)/b11-10+. The summed E-state index contributed by atoms with van der Waals surface area (Å²) in [5.74, 6) is -1.50. The Morgan fingerprint density at radius 3 is 2.39 bits per heavy atom. The van der Waals surface area contributed by atoms with Crippen LogP contribution >= 0.6 is 11.3 Å². The number of ether oxygens (including phenoxy) is 1. The quantitative estimate of drug-likeness (QED) is 0.551. The molecule has 1 heterocycles. The molecule has 1 aromatic carbocycles. The zero-order valence-corrected chi connectivity index (χ0v) is 17.2. The highest BCUT2D eigenvalue weighted by Crippen LogP contribution is 2.19. The second-order valence-corrected chi connectivity index (χ2v) is 7.71. The van der Waals surface area contributed by atoms with Crippen LogP contribution in [0.3, 0.4) is 0 Å². The number of carbonyl (C=O) groups is 3. The number of anilines is 1. The van der Waals surface area contributed by atoms with Crippen molar-refractivity contribution in [3.63, 3.8) is 0 Å². The number of aryl methyl sites for hydroxylation is 3. The highest BCUT2D eigenvalue weighted by Gasteiger charge is 2.17. The first-order valence-corrected chi connectivity index (χ1v) is 9.67. The summed E-state index contributed by atoms with van der Waals surface area (Å²) < 4.78 is 5.06. The molecule has 0 radical (unpaired) electrons. The van der Waals surface area contributed by atoms with Gasteiger partial charge in [0.15, 0.2) is 6.10 Å². The number of nitrogens with one attached hydrogen (secondary N) is 2. The second kappa shape index (κ2) is 9.85. The monoisotopic (exact) mass is 400 g/mol. The van der Waals surface area contributed by atoms with Gasteiger partial charge in [0.1, 0.15) is 0 Å². The van der Waals surface area contributed by atoms with Crippen molar-refractivity contribution in [1.29, 1.82) is 0 Å². The normalized spacial score (nSPS) is 11.9. The lowest BCUT2D eigenvalue weighted by atomic mass is 10.1. The molecule has 148 valence electrons. The van der Waals surface area contributed by atoms with Crippen LogP contribution in [0.15, 0.2) is 36.4 Å². The van der Waals surface area contributed by atoms with Crippen molar-refractivity contribution in [2.24, 2.45) is 0 Å². The Morgan fingerprint density at radius 1 is 1.11 bits per heavy atom. The molecule has 2 N–H and O–H groups in total. The number of hydrogen-bond acceptors (Lipinski definition) is 5. The molecule has 0 aliphatic rings. The maximum absolute atomic E-state index is 12.1. The molecule has 0 aliphatic carbocycles. The van der Waals surface area contributed by atoms with Crippen LogP contribution in [0.5, 0.6) is 0 Å². The SMILES string of the molecule is Cc1ccc(/C=C/C(=O)OC(C)C(=O)NCC(=O)Nc2c(C)cccc2C)s1. The highest BCUT2D eigenvalue weighted by atomic mass is 32.1. The second-order valence-electron chi connectivity index (χ2n) is 6.39. The van der Waals surface area contributed by atoms with Crippen LogP contribution in [0, 0.1) is 20.8 Å². The van der Waals surface area contributed by atoms with E-state index in [-0.39, 0.29) is 12.5 Å². The van der Waals surface area contributed by atoms with Gasteiger partial charge in [0, 0.05) is 21.5 Å². The minimum Gasteiger partial charge on any atom is -0.449 e. The molecule has 0 fully saturated rings. The maximum atomic E-state index is 12.1. The van der Waals surface area contributed by atoms with E-state index >= 15 is 0 Å². The summed E-state index contributed by atoms with van der Waals surface area (Å²) in [6, 6.07) is 9.55. The van der Waals surface area contributed by atoms with Gasteiger partial charge >= 0.3 is 5.97 Å². The van der Waals surface area contributed by atoms with Gasteiger partial charge in [-0.15, -0.1) is 11.3 Å². The molecular weight excluding hydrogens is 376 g/mol. The fourth-order valence-corrected chi connectivity index (χ4v) is 3.25. The molecular formula is C21H24N2O4S. The Labute approximate surface area is 168 Å². The number of benzene rings is 1. The van der Waals surface area contributed by atoms with Crippen molar-refractivity contribution >= 4 is 40.9 Å². The lowest BCUT2D eigenvalue weighted by Gasteiger charge is -2.14. The zero-order chi connectivity index (χ0) is 20.7. The van der Waals surface area contributed by atoms with Crippen molar-refractivity contribution in [2.75, 3.05) is 11.9 Å². The van der Waals surface area contributed by atoms with Gasteiger partial charge in [0.25, 0.3) is 5.91 Å². The zero-order valence-electron chi connectivity index (χ0n) is 16.4. The van der Waals surface area contributed by atoms with E-state index in [4.69, 9.17) is 4.74 Å². The molecule has 28 heavy (non-hydrogen) atoms. The molecule has 0 spiro atoms. The smallest absolute Gasteiger partial charge is 0.331 e. The van der Waals surface area contributed by atoms with Crippen molar-refractivity contribution in [1.82, 2.24) is 5.32 Å². The number of hydrogen-bond donors (Lipinski definition) is 2. The molecule has 2 rings (SSSR count). The predicted octanol–water partition coefficient (Wildman–Crippen LogP) is 3.37. The highest BCUT2D eigenvalue weighted by molar-refractivity contribution is 7.12. The van der Waals surface area contributed by atoms with Gasteiger partial charge in [0.2, 0.25) is 5.91 Å². The van der Waals surface area contributed by atoms with Gasteiger partial charge in [-0.25, -0.2) is 4.79 Å². The van der Waals surface area contributed by atoms with E-state index in [0.717, 1.165) is 26.6 Å². The Bertz CT molecular complexity index is 881. The van der Waals surface area contributed by atoms with E-state index in [1.807, 2.05) is 51.1 Å². The third kappa shape index (κ3) is 6.35. The molecule has 0 bridgehead atoms. The molecule has 7 heteroatoms.